The molecule has 1 aromatic heterocycles. The van der Waals surface area contributed by atoms with Crippen LogP contribution in [-0.4, -0.2) is 39.7 Å². The minimum absolute atomic E-state index is 0.0203. The third-order valence-electron chi connectivity index (χ3n) is 4.70. The van der Waals surface area contributed by atoms with Crippen molar-refractivity contribution in [3.8, 4) is 0 Å². The number of carbonyl (C=O) groups is 1. The van der Waals surface area contributed by atoms with E-state index in [9.17, 15) is 4.79 Å². The minimum atomic E-state index is -0.0203. The van der Waals surface area contributed by atoms with Crippen LogP contribution in [-0.2, 0) is 11.3 Å². The predicted octanol–water partition coefficient (Wildman–Crippen LogP) is 1.99. The van der Waals surface area contributed by atoms with E-state index in [1.165, 1.54) is 5.56 Å². The van der Waals surface area contributed by atoms with Crippen LogP contribution in [0, 0.1) is 0 Å². The minimum Gasteiger partial charge on any atom is -0.339 e. The second kappa shape index (κ2) is 6.09. The largest absolute Gasteiger partial charge is 0.339 e. The highest BCUT2D eigenvalue weighted by Gasteiger charge is 2.33. The summed E-state index contributed by atoms with van der Waals surface area (Å²) < 4.78 is 1.72. The van der Waals surface area contributed by atoms with Crippen molar-refractivity contribution in [1.82, 2.24) is 14.7 Å². The molecule has 2 aromatic carbocycles. The highest BCUT2D eigenvalue weighted by atomic mass is 16.2. The summed E-state index contributed by atoms with van der Waals surface area (Å²) in [5.74, 6) is 0.267. The van der Waals surface area contributed by atoms with Gasteiger partial charge in [0.05, 0.1) is 5.52 Å². The normalized spacial score (nSPS) is 20.6. The van der Waals surface area contributed by atoms with Crippen molar-refractivity contribution in [3.63, 3.8) is 0 Å². The molecule has 1 aliphatic rings. The summed E-state index contributed by atoms with van der Waals surface area (Å²) >= 11 is 0. The predicted molar refractivity (Wildman–Crippen MR) is 93.5 cm³/mol. The van der Waals surface area contributed by atoms with Crippen molar-refractivity contribution in [1.29, 1.82) is 0 Å². The van der Waals surface area contributed by atoms with E-state index >= 15 is 0 Å². The van der Waals surface area contributed by atoms with Crippen LogP contribution in [0.1, 0.15) is 11.5 Å². The Bertz CT molecular complexity index is 825. The lowest BCUT2D eigenvalue weighted by atomic mass is 9.95. The zero-order valence-electron chi connectivity index (χ0n) is 13.4. The Labute approximate surface area is 140 Å². The van der Waals surface area contributed by atoms with Gasteiger partial charge in [0.1, 0.15) is 6.54 Å². The van der Waals surface area contributed by atoms with E-state index in [-0.39, 0.29) is 24.4 Å². The lowest BCUT2D eigenvalue weighted by Crippen LogP contribution is -2.34. The second-order valence-electron chi connectivity index (χ2n) is 6.37. The van der Waals surface area contributed by atoms with Crippen molar-refractivity contribution < 1.29 is 4.79 Å². The van der Waals surface area contributed by atoms with E-state index in [1.807, 2.05) is 53.6 Å². The Morgan fingerprint density at radius 1 is 1.08 bits per heavy atom. The molecule has 0 saturated carbocycles. The number of carbonyl (C=O) groups excluding carboxylic acids is 1. The van der Waals surface area contributed by atoms with Crippen LogP contribution < -0.4 is 5.73 Å². The van der Waals surface area contributed by atoms with Gasteiger partial charge in [0.25, 0.3) is 0 Å². The molecule has 0 unspecified atom stereocenters. The van der Waals surface area contributed by atoms with Crippen LogP contribution in [0.25, 0.3) is 10.9 Å². The van der Waals surface area contributed by atoms with Crippen molar-refractivity contribution in [3.05, 3.63) is 66.4 Å². The van der Waals surface area contributed by atoms with Crippen LogP contribution in [0.2, 0.25) is 0 Å². The summed E-state index contributed by atoms with van der Waals surface area (Å²) in [5.41, 5.74) is 8.38. The standard InChI is InChI=1S/C19H20N4O/c20-17-12-22(11-16(17)14-6-2-1-3-7-14)19(24)13-23-10-15-8-4-5-9-18(15)21-23/h1-10,16-17H,11-13,20H2/t16-,17+/m0/s1. The van der Waals surface area contributed by atoms with Gasteiger partial charge in [-0.05, 0) is 11.6 Å². The maximum absolute atomic E-state index is 12.6. The van der Waals surface area contributed by atoms with Crippen molar-refractivity contribution in [2.45, 2.75) is 18.5 Å². The maximum Gasteiger partial charge on any atom is 0.244 e. The van der Waals surface area contributed by atoms with Gasteiger partial charge in [-0.2, -0.15) is 5.10 Å². The molecular formula is C19H20N4O. The van der Waals surface area contributed by atoms with Gasteiger partial charge < -0.3 is 10.6 Å². The van der Waals surface area contributed by atoms with Gasteiger partial charge >= 0.3 is 0 Å². The van der Waals surface area contributed by atoms with E-state index in [0.29, 0.717) is 13.1 Å². The average Bonchev–Trinajstić information content (AvgIpc) is 3.18. The van der Waals surface area contributed by atoms with Gasteiger partial charge in [0.15, 0.2) is 0 Å². The van der Waals surface area contributed by atoms with Crippen LogP contribution in [0.3, 0.4) is 0 Å². The molecule has 122 valence electrons. The highest BCUT2D eigenvalue weighted by Crippen LogP contribution is 2.26. The van der Waals surface area contributed by atoms with Crippen LogP contribution >= 0.6 is 0 Å². The monoisotopic (exact) mass is 320 g/mol. The maximum atomic E-state index is 12.6. The number of nitrogens with zero attached hydrogens (tertiary/aromatic N) is 3. The first-order chi connectivity index (χ1) is 11.7. The first-order valence-electron chi connectivity index (χ1n) is 8.21. The molecule has 2 atom stereocenters. The number of amides is 1. The summed E-state index contributed by atoms with van der Waals surface area (Å²) in [4.78, 5) is 14.5. The SMILES string of the molecule is N[C@@H]1CN(C(=O)Cn2cc3ccccc3n2)C[C@H]1c1ccccc1. The lowest BCUT2D eigenvalue weighted by Gasteiger charge is -2.16. The molecule has 3 aromatic rings. The van der Waals surface area contributed by atoms with Gasteiger partial charge in [0, 0.05) is 36.6 Å². The van der Waals surface area contributed by atoms with Gasteiger partial charge in [0.2, 0.25) is 5.91 Å². The Morgan fingerprint density at radius 3 is 2.62 bits per heavy atom. The number of nitrogens with two attached hydrogens (primary N) is 1. The van der Waals surface area contributed by atoms with E-state index < -0.39 is 0 Å². The van der Waals surface area contributed by atoms with Gasteiger partial charge in [-0.25, -0.2) is 0 Å². The number of hydrogen-bond donors (Lipinski definition) is 1. The molecule has 24 heavy (non-hydrogen) atoms. The topological polar surface area (TPSA) is 64.2 Å². The molecule has 5 heteroatoms. The number of aromatic nitrogens is 2. The number of rotatable bonds is 3. The molecule has 1 fully saturated rings. The zero-order valence-corrected chi connectivity index (χ0v) is 13.4. The zero-order chi connectivity index (χ0) is 16.5. The molecule has 0 radical (unpaired) electrons. The Morgan fingerprint density at radius 2 is 1.83 bits per heavy atom. The van der Waals surface area contributed by atoms with E-state index in [1.54, 1.807) is 4.68 Å². The molecule has 5 nitrogen and oxygen atoms in total. The molecule has 1 aliphatic heterocycles. The van der Waals surface area contributed by atoms with Crippen LogP contribution in [0.15, 0.2) is 60.8 Å². The Hall–Kier alpha value is -2.66. The highest BCUT2D eigenvalue weighted by molar-refractivity contribution is 5.80. The number of benzene rings is 2. The number of hydrogen-bond acceptors (Lipinski definition) is 3. The fourth-order valence-corrected chi connectivity index (χ4v) is 3.42. The summed E-state index contributed by atoms with van der Waals surface area (Å²) in [6, 6.07) is 18.0. The molecule has 0 spiro atoms. The Balaban J connectivity index is 1.47. The van der Waals surface area contributed by atoms with Crippen LogP contribution in [0.5, 0.6) is 0 Å². The van der Waals surface area contributed by atoms with E-state index in [2.05, 4.69) is 17.2 Å². The first kappa shape index (κ1) is 14.9. The molecule has 2 N–H and O–H groups in total. The fourth-order valence-electron chi connectivity index (χ4n) is 3.42. The molecule has 1 amide bonds. The number of likely N-dealkylation sites (tertiary alicyclic amines) is 1. The molecule has 0 aliphatic carbocycles. The van der Waals surface area contributed by atoms with E-state index in [0.717, 1.165) is 10.9 Å². The second-order valence-corrected chi connectivity index (χ2v) is 6.37. The summed E-state index contributed by atoms with van der Waals surface area (Å²) in [7, 11) is 0. The van der Waals surface area contributed by atoms with Gasteiger partial charge in [-0.1, -0.05) is 48.5 Å². The average molecular weight is 320 g/mol. The smallest absolute Gasteiger partial charge is 0.244 e. The third-order valence-corrected chi connectivity index (χ3v) is 4.70. The van der Waals surface area contributed by atoms with Crippen molar-refractivity contribution in [2.24, 2.45) is 5.73 Å². The van der Waals surface area contributed by atoms with Crippen LogP contribution in [0.4, 0.5) is 0 Å². The lowest BCUT2D eigenvalue weighted by molar-refractivity contribution is -0.131. The van der Waals surface area contributed by atoms with Crippen molar-refractivity contribution >= 4 is 16.8 Å². The molecule has 1 saturated heterocycles. The van der Waals surface area contributed by atoms with Crippen molar-refractivity contribution in [2.75, 3.05) is 13.1 Å². The molecule has 0 bridgehead atoms. The van der Waals surface area contributed by atoms with Gasteiger partial charge in [-0.3, -0.25) is 9.48 Å². The summed E-state index contributed by atoms with van der Waals surface area (Å²) in [6.45, 7) is 1.52. The molecular weight excluding hydrogens is 300 g/mol. The summed E-state index contributed by atoms with van der Waals surface area (Å²) in [6.07, 6.45) is 1.91. The summed E-state index contributed by atoms with van der Waals surface area (Å²) in [5, 5.41) is 5.51. The molecule has 2 heterocycles. The third kappa shape index (κ3) is 2.78. The quantitative estimate of drug-likeness (QED) is 0.803. The number of fused-ring (bicyclic) bond motifs is 1. The van der Waals surface area contributed by atoms with E-state index in [4.69, 9.17) is 5.73 Å². The fraction of sp³-hybridized carbons (Fsp3) is 0.263. The molecule has 4 rings (SSSR count). The van der Waals surface area contributed by atoms with Gasteiger partial charge in [-0.15, -0.1) is 0 Å². The first-order valence-corrected chi connectivity index (χ1v) is 8.21. The Kier molecular flexibility index (Phi) is 3.78.